The van der Waals surface area contributed by atoms with Crippen molar-refractivity contribution in [3.63, 3.8) is 0 Å². The molecule has 1 aliphatic heterocycles. The van der Waals surface area contributed by atoms with Gasteiger partial charge in [0.1, 0.15) is 0 Å². The molecule has 72 valence electrons. The third-order valence-corrected chi connectivity index (χ3v) is 3.16. The van der Waals surface area contributed by atoms with Crippen LogP contribution in [0.25, 0.3) is 0 Å². The molecule has 1 saturated heterocycles. The maximum absolute atomic E-state index is 9.80. The molecule has 1 aliphatic rings. The van der Waals surface area contributed by atoms with E-state index in [2.05, 4.69) is 27.9 Å². The van der Waals surface area contributed by atoms with Crippen LogP contribution >= 0.6 is 15.9 Å². The van der Waals surface area contributed by atoms with E-state index in [-0.39, 0.29) is 10.9 Å². The highest BCUT2D eigenvalue weighted by Crippen LogP contribution is 2.23. The number of rotatable bonds is 2. The SMILES string of the molecule is CC(Br)C(O)C1CCCN(C)C1. The van der Waals surface area contributed by atoms with Crippen molar-refractivity contribution >= 4 is 15.9 Å². The predicted octanol–water partition coefficient (Wildman–Crippen LogP) is 1.47. The first-order valence-corrected chi connectivity index (χ1v) is 5.53. The second-order valence-electron chi connectivity index (χ2n) is 3.83. The third-order valence-electron chi connectivity index (χ3n) is 2.61. The Balaban J connectivity index is 2.40. The Hall–Kier alpha value is 0.400. The highest BCUT2D eigenvalue weighted by Gasteiger charge is 2.26. The molecule has 0 aromatic carbocycles. The van der Waals surface area contributed by atoms with Crippen LogP contribution in [-0.2, 0) is 0 Å². The maximum Gasteiger partial charge on any atom is 0.0702 e. The van der Waals surface area contributed by atoms with Crippen molar-refractivity contribution in [2.75, 3.05) is 20.1 Å². The molecular formula is C9H18BrNO. The molecule has 1 rings (SSSR count). The van der Waals surface area contributed by atoms with Crippen LogP contribution in [0, 0.1) is 5.92 Å². The number of hydrogen-bond acceptors (Lipinski definition) is 2. The molecule has 3 heteroatoms. The Kier molecular flexibility index (Phi) is 4.00. The van der Waals surface area contributed by atoms with Crippen LogP contribution in [0.1, 0.15) is 19.8 Å². The van der Waals surface area contributed by atoms with Gasteiger partial charge in [0, 0.05) is 11.4 Å². The van der Waals surface area contributed by atoms with Gasteiger partial charge in [0.2, 0.25) is 0 Å². The molecule has 3 atom stereocenters. The van der Waals surface area contributed by atoms with E-state index in [9.17, 15) is 5.11 Å². The lowest BCUT2D eigenvalue weighted by Crippen LogP contribution is -2.40. The number of nitrogens with zero attached hydrogens (tertiary/aromatic N) is 1. The van der Waals surface area contributed by atoms with Crippen molar-refractivity contribution in [3.05, 3.63) is 0 Å². The first-order chi connectivity index (χ1) is 5.61. The molecule has 0 spiro atoms. The first kappa shape index (κ1) is 10.5. The van der Waals surface area contributed by atoms with E-state index in [4.69, 9.17) is 0 Å². The van der Waals surface area contributed by atoms with Crippen LogP contribution in [0.2, 0.25) is 0 Å². The number of hydrogen-bond donors (Lipinski definition) is 1. The Morgan fingerprint density at radius 3 is 2.75 bits per heavy atom. The van der Waals surface area contributed by atoms with E-state index in [0.717, 1.165) is 6.54 Å². The highest BCUT2D eigenvalue weighted by molar-refractivity contribution is 9.09. The summed E-state index contributed by atoms with van der Waals surface area (Å²) in [6.07, 6.45) is 2.20. The Bertz CT molecular complexity index is 140. The molecule has 0 bridgehead atoms. The normalized spacial score (nSPS) is 31.5. The van der Waals surface area contributed by atoms with Gasteiger partial charge in [0.15, 0.2) is 0 Å². The standard InChI is InChI=1S/C9H18BrNO/c1-7(10)9(12)8-4-3-5-11(2)6-8/h7-9,12H,3-6H2,1-2H3. The quantitative estimate of drug-likeness (QED) is 0.734. The van der Waals surface area contributed by atoms with E-state index < -0.39 is 0 Å². The van der Waals surface area contributed by atoms with Gasteiger partial charge in [-0.15, -0.1) is 0 Å². The second kappa shape index (κ2) is 4.58. The molecule has 1 fully saturated rings. The summed E-state index contributed by atoms with van der Waals surface area (Å²) >= 11 is 3.43. The van der Waals surface area contributed by atoms with Gasteiger partial charge < -0.3 is 10.0 Å². The number of likely N-dealkylation sites (tertiary alicyclic amines) is 1. The van der Waals surface area contributed by atoms with E-state index in [1.807, 2.05) is 6.92 Å². The molecule has 2 nitrogen and oxygen atoms in total. The van der Waals surface area contributed by atoms with Gasteiger partial charge in [-0.25, -0.2) is 0 Å². The zero-order chi connectivity index (χ0) is 9.14. The number of piperidine rings is 1. The van der Waals surface area contributed by atoms with Crippen LogP contribution in [0.15, 0.2) is 0 Å². The smallest absolute Gasteiger partial charge is 0.0702 e. The number of aliphatic hydroxyl groups excluding tert-OH is 1. The topological polar surface area (TPSA) is 23.5 Å². The molecule has 0 aromatic heterocycles. The molecule has 0 amide bonds. The molecule has 3 unspecified atom stereocenters. The summed E-state index contributed by atoms with van der Waals surface area (Å²) in [4.78, 5) is 2.52. The fourth-order valence-electron chi connectivity index (χ4n) is 1.86. The Morgan fingerprint density at radius 1 is 1.58 bits per heavy atom. The van der Waals surface area contributed by atoms with E-state index >= 15 is 0 Å². The Morgan fingerprint density at radius 2 is 2.25 bits per heavy atom. The highest BCUT2D eigenvalue weighted by atomic mass is 79.9. The third kappa shape index (κ3) is 2.71. The summed E-state index contributed by atoms with van der Waals surface area (Å²) in [6, 6.07) is 0. The lowest BCUT2D eigenvalue weighted by atomic mass is 9.91. The molecule has 0 radical (unpaired) electrons. The van der Waals surface area contributed by atoms with E-state index in [0.29, 0.717) is 5.92 Å². The van der Waals surface area contributed by atoms with Crippen LogP contribution in [0.5, 0.6) is 0 Å². The van der Waals surface area contributed by atoms with Gasteiger partial charge in [-0.3, -0.25) is 0 Å². The minimum absolute atomic E-state index is 0.187. The summed E-state index contributed by atoms with van der Waals surface area (Å²) in [5.41, 5.74) is 0. The van der Waals surface area contributed by atoms with Gasteiger partial charge in [0.25, 0.3) is 0 Å². The zero-order valence-corrected chi connectivity index (χ0v) is 9.42. The largest absolute Gasteiger partial charge is 0.392 e. The van der Waals surface area contributed by atoms with Gasteiger partial charge in [-0.05, 0) is 32.4 Å². The van der Waals surface area contributed by atoms with Gasteiger partial charge in [0.05, 0.1) is 6.10 Å². The Labute approximate surface area is 83.1 Å². The number of alkyl halides is 1. The van der Waals surface area contributed by atoms with Crippen molar-refractivity contribution in [2.24, 2.45) is 5.92 Å². The second-order valence-corrected chi connectivity index (χ2v) is 5.28. The van der Waals surface area contributed by atoms with Crippen molar-refractivity contribution in [1.29, 1.82) is 0 Å². The van der Waals surface area contributed by atoms with Crippen LogP contribution in [-0.4, -0.2) is 41.1 Å². The molecule has 1 N–H and O–H groups in total. The molecule has 0 saturated carbocycles. The van der Waals surface area contributed by atoms with E-state index in [1.54, 1.807) is 0 Å². The summed E-state index contributed by atoms with van der Waals surface area (Å²) in [7, 11) is 2.12. The van der Waals surface area contributed by atoms with Crippen molar-refractivity contribution in [1.82, 2.24) is 4.90 Å². The lowest BCUT2D eigenvalue weighted by molar-refractivity contribution is 0.0622. The number of halogens is 1. The molecule has 12 heavy (non-hydrogen) atoms. The summed E-state index contributed by atoms with van der Waals surface area (Å²) in [5, 5.41) is 9.80. The van der Waals surface area contributed by atoms with Crippen molar-refractivity contribution in [2.45, 2.75) is 30.7 Å². The first-order valence-electron chi connectivity index (χ1n) is 4.62. The molecule has 0 aliphatic carbocycles. The molecule has 1 heterocycles. The summed E-state index contributed by atoms with van der Waals surface area (Å²) < 4.78 is 0. The average Bonchev–Trinajstić information content (AvgIpc) is 2.03. The van der Waals surface area contributed by atoms with E-state index in [1.165, 1.54) is 19.4 Å². The minimum atomic E-state index is -0.187. The minimum Gasteiger partial charge on any atom is -0.392 e. The fraction of sp³-hybridized carbons (Fsp3) is 1.00. The maximum atomic E-state index is 9.80. The average molecular weight is 236 g/mol. The molecule has 0 aromatic rings. The predicted molar refractivity (Wildman–Crippen MR) is 54.6 cm³/mol. The fourth-order valence-corrected chi connectivity index (χ4v) is 2.29. The summed E-state index contributed by atoms with van der Waals surface area (Å²) in [5.74, 6) is 0.457. The van der Waals surface area contributed by atoms with Crippen LogP contribution in [0.4, 0.5) is 0 Å². The van der Waals surface area contributed by atoms with Gasteiger partial charge in [-0.1, -0.05) is 22.9 Å². The van der Waals surface area contributed by atoms with Crippen molar-refractivity contribution in [3.8, 4) is 0 Å². The zero-order valence-electron chi connectivity index (χ0n) is 7.83. The lowest BCUT2D eigenvalue weighted by Gasteiger charge is -2.33. The van der Waals surface area contributed by atoms with Gasteiger partial charge in [-0.2, -0.15) is 0 Å². The monoisotopic (exact) mass is 235 g/mol. The molecular weight excluding hydrogens is 218 g/mol. The van der Waals surface area contributed by atoms with Crippen LogP contribution in [0.3, 0.4) is 0 Å². The van der Waals surface area contributed by atoms with Gasteiger partial charge >= 0.3 is 0 Å². The number of aliphatic hydroxyl groups is 1. The van der Waals surface area contributed by atoms with Crippen LogP contribution < -0.4 is 0 Å². The summed E-state index contributed by atoms with van der Waals surface area (Å²) in [6.45, 7) is 4.23. The van der Waals surface area contributed by atoms with Crippen molar-refractivity contribution < 1.29 is 5.11 Å².